The van der Waals surface area contributed by atoms with Crippen LogP contribution in [0.15, 0.2) is 74.3 Å². The van der Waals surface area contributed by atoms with Crippen LogP contribution in [-0.4, -0.2) is 29.7 Å². The molecule has 2 atom stereocenters. The molecule has 6 nitrogen and oxygen atoms in total. The molecule has 202 valence electrons. The molecule has 0 spiro atoms. The molecule has 0 radical (unpaired) electrons. The lowest BCUT2D eigenvalue weighted by molar-refractivity contribution is 0.0218. The number of nitrogens with one attached hydrogen (secondary N) is 1. The molecule has 0 saturated heterocycles. The number of rotatable bonds is 9. The Morgan fingerprint density at radius 1 is 1.05 bits per heavy atom. The van der Waals surface area contributed by atoms with Crippen LogP contribution in [0.1, 0.15) is 75.5 Å². The van der Waals surface area contributed by atoms with E-state index < -0.39 is 6.35 Å². The molecule has 1 aromatic heterocycles. The van der Waals surface area contributed by atoms with Crippen molar-refractivity contribution in [2.75, 3.05) is 6.61 Å². The summed E-state index contributed by atoms with van der Waals surface area (Å²) in [7, 11) is 0. The second-order valence-electron chi connectivity index (χ2n) is 10.8. The van der Waals surface area contributed by atoms with Gasteiger partial charge >= 0.3 is 0 Å². The largest absolute Gasteiger partial charge is 0.508 e. The highest BCUT2D eigenvalue weighted by molar-refractivity contribution is 6.15. The van der Waals surface area contributed by atoms with E-state index in [4.69, 9.17) is 19.1 Å². The maximum absolute atomic E-state index is 10.6. The van der Waals surface area contributed by atoms with Gasteiger partial charge in [-0.15, -0.1) is 0 Å². The number of allylic oxidation sites excluding steroid dienone is 3. The van der Waals surface area contributed by atoms with Crippen molar-refractivity contribution >= 4 is 39.7 Å². The first-order chi connectivity index (χ1) is 19.1. The van der Waals surface area contributed by atoms with E-state index in [0.717, 1.165) is 65.2 Å². The average Bonchev–Trinajstić information content (AvgIpc) is 3.32. The van der Waals surface area contributed by atoms with Crippen LogP contribution < -0.4 is 5.32 Å². The van der Waals surface area contributed by atoms with Crippen molar-refractivity contribution in [1.82, 2.24) is 5.32 Å². The minimum atomic E-state index is -0.565. The lowest BCUT2D eigenvalue weighted by Gasteiger charge is -2.26. The maximum Gasteiger partial charge on any atom is 0.228 e. The van der Waals surface area contributed by atoms with Crippen molar-refractivity contribution in [3.63, 3.8) is 0 Å². The molecule has 2 aliphatic carbocycles. The molecule has 0 saturated carbocycles. The fourth-order valence-electron chi connectivity index (χ4n) is 5.65. The van der Waals surface area contributed by atoms with Gasteiger partial charge in [-0.1, -0.05) is 51.3 Å². The van der Waals surface area contributed by atoms with Crippen LogP contribution in [0.2, 0.25) is 0 Å². The molecule has 3 aromatic rings. The predicted molar refractivity (Wildman–Crippen MR) is 159 cm³/mol. The van der Waals surface area contributed by atoms with Crippen molar-refractivity contribution in [3.05, 3.63) is 76.6 Å². The number of unbranched alkanes of at least 4 members (excludes halogenated alkanes) is 1. The molecule has 2 aromatic carbocycles. The number of furan rings is 1. The van der Waals surface area contributed by atoms with E-state index in [-0.39, 0.29) is 5.76 Å². The van der Waals surface area contributed by atoms with Crippen molar-refractivity contribution < 1.29 is 14.3 Å². The van der Waals surface area contributed by atoms with Crippen molar-refractivity contribution in [2.45, 2.75) is 71.6 Å². The molecule has 1 aliphatic heterocycles. The Morgan fingerprint density at radius 3 is 2.74 bits per heavy atom. The summed E-state index contributed by atoms with van der Waals surface area (Å²) < 4.78 is 12.6. The van der Waals surface area contributed by atoms with Gasteiger partial charge in [0.1, 0.15) is 22.8 Å². The fourth-order valence-corrected chi connectivity index (χ4v) is 5.65. The summed E-state index contributed by atoms with van der Waals surface area (Å²) in [5, 5.41) is 16.2. The average molecular weight is 524 g/mol. The molecule has 0 bridgehead atoms. The van der Waals surface area contributed by atoms with Crippen LogP contribution in [0.4, 0.5) is 0 Å². The summed E-state index contributed by atoms with van der Waals surface area (Å²) >= 11 is 0. The number of aliphatic hydroxyl groups excluding tert-OH is 1. The van der Waals surface area contributed by atoms with E-state index in [9.17, 15) is 5.11 Å². The Hall–Kier alpha value is -3.64. The van der Waals surface area contributed by atoms with Gasteiger partial charge in [0.05, 0.1) is 6.61 Å². The van der Waals surface area contributed by atoms with Gasteiger partial charge in [-0.2, -0.15) is 0 Å². The number of hydrogen-bond acceptors (Lipinski definition) is 6. The number of aliphatic hydroxyl groups is 1. The van der Waals surface area contributed by atoms with E-state index in [2.05, 4.69) is 49.5 Å². The summed E-state index contributed by atoms with van der Waals surface area (Å²) in [6.07, 6.45) is 15.8. The molecule has 2 unspecified atom stereocenters. The second kappa shape index (κ2) is 11.2. The van der Waals surface area contributed by atoms with Gasteiger partial charge < -0.3 is 19.6 Å². The summed E-state index contributed by atoms with van der Waals surface area (Å²) in [6.45, 7) is 5.07. The lowest BCUT2D eigenvalue weighted by Crippen LogP contribution is -2.41. The summed E-state index contributed by atoms with van der Waals surface area (Å²) in [5.41, 5.74) is 6.06. The molecule has 2 N–H and O–H groups in total. The highest BCUT2D eigenvalue weighted by atomic mass is 16.5. The number of amidine groups is 2. The van der Waals surface area contributed by atoms with Gasteiger partial charge in [-0.05, 0) is 85.6 Å². The molecule has 6 heteroatoms. The Bertz CT molecular complexity index is 1540. The number of aryl methyl sites for hydroxylation is 1. The predicted octanol–water partition coefficient (Wildman–Crippen LogP) is 7.97. The standard InChI is InChI=1S/C33H37N3O3/c1-3-5-10-21(4-2)20-38-33-35-31(34-32(36-33)25-13-8-9-14-28(25)37)24-15-16-29-26(18-24)27-17-22-11-6-7-12-23(22)19-30(27)39-29/h7,9,12,14-19,21,33,37H,3-6,8,10-11,13,20H2,1-2H3,(H,34,35,36). The first-order valence-electron chi connectivity index (χ1n) is 14.4. The third kappa shape index (κ3) is 5.30. The monoisotopic (exact) mass is 523 g/mol. The van der Waals surface area contributed by atoms with E-state index in [1.165, 1.54) is 24.0 Å². The zero-order chi connectivity index (χ0) is 26.8. The number of benzene rings is 2. The summed E-state index contributed by atoms with van der Waals surface area (Å²) in [6, 6.07) is 10.6. The topological polar surface area (TPSA) is 79.3 Å². The summed E-state index contributed by atoms with van der Waals surface area (Å²) in [5.74, 6) is 1.95. The smallest absolute Gasteiger partial charge is 0.228 e. The number of fused-ring (bicyclic) bond motifs is 4. The van der Waals surface area contributed by atoms with Crippen LogP contribution in [-0.2, 0) is 11.2 Å². The first-order valence-corrected chi connectivity index (χ1v) is 14.4. The van der Waals surface area contributed by atoms with Crippen LogP contribution in [0, 0.1) is 5.92 Å². The number of aliphatic imine (C=N–C) groups is 2. The van der Waals surface area contributed by atoms with Gasteiger partial charge in [-0.25, -0.2) is 9.98 Å². The Morgan fingerprint density at radius 2 is 1.90 bits per heavy atom. The normalized spacial score (nSPS) is 19.7. The second-order valence-corrected chi connectivity index (χ2v) is 10.8. The minimum absolute atomic E-state index is 0.230. The van der Waals surface area contributed by atoms with Gasteiger partial charge in [0.25, 0.3) is 0 Å². The Kier molecular flexibility index (Phi) is 7.38. The zero-order valence-electron chi connectivity index (χ0n) is 22.9. The third-order valence-corrected chi connectivity index (χ3v) is 8.05. The van der Waals surface area contributed by atoms with E-state index >= 15 is 0 Å². The first kappa shape index (κ1) is 25.6. The van der Waals surface area contributed by atoms with E-state index in [0.29, 0.717) is 30.6 Å². The number of nitrogens with zero attached hydrogens (tertiary/aromatic N) is 2. The Labute approximate surface area is 229 Å². The van der Waals surface area contributed by atoms with Crippen molar-refractivity contribution in [3.8, 4) is 0 Å². The van der Waals surface area contributed by atoms with Crippen LogP contribution in [0.3, 0.4) is 0 Å². The third-order valence-electron chi connectivity index (χ3n) is 8.05. The van der Waals surface area contributed by atoms with Gasteiger partial charge in [-0.3, -0.25) is 0 Å². The fraction of sp³-hybridized carbons (Fsp3) is 0.394. The zero-order valence-corrected chi connectivity index (χ0v) is 22.9. The van der Waals surface area contributed by atoms with Gasteiger partial charge in [0.15, 0.2) is 5.84 Å². The van der Waals surface area contributed by atoms with E-state index in [1.54, 1.807) is 6.08 Å². The molecule has 3 aliphatic rings. The Balaban J connectivity index is 1.35. The van der Waals surface area contributed by atoms with Crippen LogP contribution in [0.5, 0.6) is 0 Å². The molecular formula is C33H37N3O3. The lowest BCUT2D eigenvalue weighted by atomic mass is 9.95. The highest BCUT2D eigenvalue weighted by Crippen LogP contribution is 2.34. The quantitative estimate of drug-likeness (QED) is 0.298. The highest BCUT2D eigenvalue weighted by Gasteiger charge is 2.25. The molecular weight excluding hydrogens is 486 g/mol. The molecule has 39 heavy (non-hydrogen) atoms. The molecule has 0 fully saturated rings. The molecule has 6 rings (SSSR count). The number of hydrogen-bond donors (Lipinski definition) is 2. The minimum Gasteiger partial charge on any atom is -0.508 e. The molecule has 2 heterocycles. The number of ether oxygens (including phenoxy) is 1. The molecule has 0 amide bonds. The van der Waals surface area contributed by atoms with Gasteiger partial charge in [0, 0.05) is 21.9 Å². The maximum atomic E-state index is 10.6. The van der Waals surface area contributed by atoms with Crippen LogP contribution in [0.25, 0.3) is 28.0 Å². The van der Waals surface area contributed by atoms with Gasteiger partial charge in [0.2, 0.25) is 6.35 Å². The van der Waals surface area contributed by atoms with Crippen LogP contribution >= 0.6 is 0 Å². The SMILES string of the molecule is CCCCC(CC)COC1N=C(C2=C(O)C=CCC2)N=C(c2ccc3oc4cc5c(cc4c3c2)CCC=C5)N1. The van der Waals surface area contributed by atoms with E-state index in [1.807, 2.05) is 18.2 Å². The van der Waals surface area contributed by atoms with Crippen molar-refractivity contribution in [1.29, 1.82) is 0 Å². The van der Waals surface area contributed by atoms with Crippen molar-refractivity contribution in [2.24, 2.45) is 15.9 Å². The summed E-state index contributed by atoms with van der Waals surface area (Å²) in [4.78, 5) is 9.69.